The minimum Gasteiger partial charge on any atom is -0.442 e. The molecule has 3 aliphatic rings. The number of thioether (sulfide) groups is 1. The van der Waals surface area contributed by atoms with E-state index in [4.69, 9.17) is 4.74 Å². The summed E-state index contributed by atoms with van der Waals surface area (Å²) < 4.78 is 20.1. The van der Waals surface area contributed by atoms with Crippen molar-refractivity contribution in [3.8, 4) is 0 Å². The Labute approximate surface area is 189 Å². The van der Waals surface area contributed by atoms with Crippen LogP contribution in [0.25, 0.3) is 0 Å². The monoisotopic (exact) mass is 469 g/mol. The number of anilines is 2. The van der Waals surface area contributed by atoms with E-state index in [0.717, 1.165) is 11.6 Å². The average molecular weight is 470 g/mol. The first-order valence-corrected chi connectivity index (χ1v) is 11.6. The lowest BCUT2D eigenvalue weighted by Gasteiger charge is -2.37. The number of hydrogen-bond acceptors (Lipinski definition) is 7. The van der Waals surface area contributed by atoms with Gasteiger partial charge in [0.25, 0.3) is 5.24 Å². The van der Waals surface area contributed by atoms with Gasteiger partial charge >= 0.3 is 6.09 Å². The smallest absolute Gasteiger partial charge is 0.414 e. The number of ether oxygens (including phenoxy) is 1. The van der Waals surface area contributed by atoms with E-state index in [9.17, 15) is 18.8 Å². The molecule has 3 heterocycles. The van der Waals surface area contributed by atoms with Crippen LogP contribution >= 0.6 is 24.4 Å². The maximum atomic E-state index is 14.9. The average Bonchev–Trinajstić information content (AvgIpc) is 3.42. The summed E-state index contributed by atoms with van der Waals surface area (Å²) >= 11 is 5.33. The Kier molecular flexibility index (Phi) is 6.77. The van der Waals surface area contributed by atoms with Gasteiger partial charge in [-0.15, -0.1) is 11.8 Å². The second-order valence-electron chi connectivity index (χ2n) is 7.52. The van der Waals surface area contributed by atoms with Crippen LogP contribution in [0.15, 0.2) is 18.2 Å². The summed E-state index contributed by atoms with van der Waals surface area (Å²) in [5.41, 5.74) is 0.835. The number of hydrogen-bond donors (Lipinski definition) is 3. The van der Waals surface area contributed by atoms with E-state index in [0.29, 0.717) is 37.6 Å². The summed E-state index contributed by atoms with van der Waals surface area (Å²) in [7, 11) is 0. The third kappa shape index (κ3) is 5.01. The fourth-order valence-electron chi connectivity index (χ4n) is 3.90. The van der Waals surface area contributed by atoms with Crippen molar-refractivity contribution in [2.45, 2.75) is 12.1 Å². The van der Waals surface area contributed by atoms with Crippen LogP contribution in [0.4, 0.5) is 25.4 Å². The molecule has 3 aliphatic heterocycles. The second-order valence-corrected chi connectivity index (χ2v) is 8.96. The maximum Gasteiger partial charge on any atom is 0.414 e. The van der Waals surface area contributed by atoms with Crippen molar-refractivity contribution in [3.05, 3.63) is 24.0 Å². The Hall–Kier alpha value is -2.18. The molecule has 3 amide bonds. The molecule has 31 heavy (non-hydrogen) atoms. The van der Waals surface area contributed by atoms with Crippen LogP contribution in [-0.2, 0) is 9.53 Å². The SMILES string of the molecule is O=C(S)NCC1CN(c2ccc(N3CCN(C(=O)[C@@H]4CSCN4)CC3)c(F)c2)C(=O)O1. The van der Waals surface area contributed by atoms with Crippen LogP contribution in [0.1, 0.15) is 0 Å². The first-order valence-electron chi connectivity index (χ1n) is 10.0. The molecule has 3 fully saturated rings. The van der Waals surface area contributed by atoms with Crippen molar-refractivity contribution >= 4 is 53.0 Å². The van der Waals surface area contributed by atoms with Crippen LogP contribution < -0.4 is 20.4 Å². The van der Waals surface area contributed by atoms with Crippen molar-refractivity contribution in [3.63, 3.8) is 0 Å². The Bertz CT molecular complexity index is 862. The summed E-state index contributed by atoms with van der Waals surface area (Å²) in [4.78, 5) is 40.6. The molecule has 0 saturated carbocycles. The molecule has 0 aromatic heterocycles. The van der Waals surface area contributed by atoms with Crippen LogP contribution in [0.5, 0.6) is 0 Å². The van der Waals surface area contributed by atoms with Crippen LogP contribution in [-0.4, -0.2) is 85.2 Å². The predicted octanol–water partition coefficient (Wildman–Crippen LogP) is 1.10. The predicted molar refractivity (Wildman–Crippen MR) is 119 cm³/mol. The highest BCUT2D eigenvalue weighted by Gasteiger charge is 2.33. The second kappa shape index (κ2) is 9.53. The number of carbonyl (C=O) groups is 3. The standard InChI is InChI=1S/C19H24FN5O4S2/c20-14-7-12(25-9-13(29-19(25)28)8-21-18(27)30)1-2-16(14)23-3-5-24(6-4-23)17(26)15-10-31-11-22-15/h1-2,7,13,15,22H,3-6,8-11H2,(H2,21,27,30)/t13?,15-/m0/s1. The van der Waals surface area contributed by atoms with Crippen molar-refractivity contribution in [2.75, 3.05) is 60.7 Å². The number of halogens is 1. The topological polar surface area (TPSA) is 94.2 Å². The maximum absolute atomic E-state index is 14.9. The van der Waals surface area contributed by atoms with E-state index in [1.165, 1.54) is 11.0 Å². The highest BCUT2D eigenvalue weighted by molar-refractivity contribution is 7.99. The third-order valence-electron chi connectivity index (χ3n) is 5.54. The van der Waals surface area contributed by atoms with Gasteiger partial charge < -0.3 is 19.9 Å². The van der Waals surface area contributed by atoms with Crippen molar-refractivity contribution in [1.82, 2.24) is 15.5 Å². The third-order valence-corrected chi connectivity index (χ3v) is 6.64. The van der Waals surface area contributed by atoms with Gasteiger partial charge in [0.2, 0.25) is 5.91 Å². The van der Waals surface area contributed by atoms with Crippen LogP contribution in [0.3, 0.4) is 0 Å². The number of amides is 3. The van der Waals surface area contributed by atoms with Gasteiger partial charge in [0.1, 0.15) is 11.9 Å². The number of thiol groups is 1. The fourth-order valence-corrected chi connectivity index (χ4v) is 4.93. The molecule has 9 nitrogen and oxygen atoms in total. The number of nitrogens with one attached hydrogen (secondary N) is 2. The van der Waals surface area contributed by atoms with E-state index < -0.39 is 23.3 Å². The fraction of sp³-hybridized carbons (Fsp3) is 0.526. The molecule has 0 aliphatic carbocycles. The van der Waals surface area contributed by atoms with Crippen molar-refractivity contribution < 1.29 is 23.5 Å². The molecule has 168 valence electrons. The number of benzene rings is 1. The molecule has 1 aromatic carbocycles. The zero-order valence-electron chi connectivity index (χ0n) is 16.8. The van der Waals surface area contributed by atoms with Crippen LogP contribution in [0.2, 0.25) is 0 Å². The van der Waals surface area contributed by atoms with Crippen molar-refractivity contribution in [1.29, 1.82) is 0 Å². The molecule has 1 aromatic rings. The summed E-state index contributed by atoms with van der Waals surface area (Å²) in [5.74, 6) is 1.25. The van der Waals surface area contributed by atoms with Crippen molar-refractivity contribution in [2.24, 2.45) is 0 Å². The lowest BCUT2D eigenvalue weighted by molar-refractivity contribution is -0.132. The molecule has 12 heteroatoms. The van der Waals surface area contributed by atoms with Gasteiger partial charge in [-0.3, -0.25) is 19.8 Å². The van der Waals surface area contributed by atoms with E-state index >= 15 is 0 Å². The zero-order chi connectivity index (χ0) is 22.0. The number of cyclic esters (lactones) is 1. The van der Waals surface area contributed by atoms with Crippen LogP contribution in [0, 0.1) is 5.82 Å². The van der Waals surface area contributed by atoms with E-state index in [1.54, 1.807) is 23.9 Å². The molecule has 2 atom stereocenters. The van der Waals surface area contributed by atoms with E-state index in [1.807, 2.05) is 9.80 Å². The molecule has 1 unspecified atom stereocenters. The highest BCUT2D eigenvalue weighted by Crippen LogP contribution is 2.28. The number of carbonyl (C=O) groups excluding carboxylic acids is 3. The zero-order valence-corrected chi connectivity index (χ0v) is 18.5. The summed E-state index contributed by atoms with van der Waals surface area (Å²) in [6, 6.07) is 4.51. The summed E-state index contributed by atoms with van der Waals surface area (Å²) in [6.45, 7) is 2.52. The first-order chi connectivity index (χ1) is 14.9. The lowest BCUT2D eigenvalue weighted by Crippen LogP contribution is -2.53. The molecule has 3 saturated heterocycles. The molecule has 2 N–H and O–H groups in total. The number of rotatable bonds is 5. The van der Waals surface area contributed by atoms with Gasteiger partial charge in [0, 0.05) is 37.8 Å². The number of nitrogens with zero attached hydrogens (tertiary/aromatic N) is 3. The van der Waals surface area contributed by atoms with Gasteiger partial charge in [0.05, 0.1) is 30.5 Å². The molecule has 0 bridgehead atoms. The molecule has 0 radical (unpaired) electrons. The lowest BCUT2D eigenvalue weighted by atomic mass is 10.2. The Morgan fingerprint density at radius 3 is 2.71 bits per heavy atom. The highest BCUT2D eigenvalue weighted by atomic mass is 32.2. The first kappa shape index (κ1) is 22.0. The Balaban J connectivity index is 1.35. The Morgan fingerprint density at radius 1 is 1.29 bits per heavy atom. The minimum absolute atomic E-state index is 0.108. The molecular formula is C19H24FN5O4S2. The van der Waals surface area contributed by atoms with E-state index in [2.05, 4.69) is 23.3 Å². The molecular weight excluding hydrogens is 445 g/mol. The largest absolute Gasteiger partial charge is 0.442 e. The van der Waals surface area contributed by atoms with E-state index in [-0.39, 0.29) is 25.0 Å². The van der Waals surface area contributed by atoms with Gasteiger partial charge in [-0.25, -0.2) is 9.18 Å². The van der Waals surface area contributed by atoms with Gasteiger partial charge in [-0.2, -0.15) is 0 Å². The quantitative estimate of drug-likeness (QED) is 0.556. The number of piperazine rings is 1. The van der Waals surface area contributed by atoms with Gasteiger partial charge in [0.15, 0.2) is 0 Å². The Morgan fingerprint density at radius 2 is 2.06 bits per heavy atom. The summed E-state index contributed by atoms with van der Waals surface area (Å²) in [5, 5.41) is 5.16. The summed E-state index contributed by atoms with van der Waals surface area (Å²) in [6.07, 6.45) is -1.11. The minimum atomic E-state index is -0.587. The van der Waals surface area contributed by atoms with Gasteiger partial charge in [-0.05, 0) is 18.2 Å². The van der Waals surface area contributed by atoms with Gasteiger partial charge in [-0.1, -0.05) is 12.6 Å². The molecule has 4 rings (SSSR count). The molecule has 0 spiro atoms. The normalized spacial score (nSPS) is 23.8.